The molecule has 1 atom stereocenters. The Morgan fingerprint density at radius 1 is 0.333 bits per heavy atom. The van der Waals surface area contributed by atoms with Gasteiger partial charge < -0.3 is 14.2 Å². The Morgan fingerprint density at radius 2 is 0.667 bits per heavy atom. The van der Waals surface area contributed by atoms with Gasteiger partial charge in [-0.2, -0.15) is 0 Å². The highest BCUT2D eigenvalue weighted by molar-refractivity contribution is 5.70. The van der Waals surface area contributed by atoms with E-state index >= 15 is 0 Å². The van der Waals surface area contributed by atoms with Crippen LogP contribution in [0.3, 0.4) is 0 Å². The van der Waals surface area contributed by atoms with Crippen LogP contribution in [0.4, 0.5) is 0 Å². The van der Waals surface area contributed by atoms with Gasteiger partial charge in [0.1, 0.15) is 6.61 Å². The minimum absolute atomic E-state index is 0.0815. The van der Waals surface area contributed by atoms with Crippen molar-refractivity contribution in [2.24, 2.45) is 0 Å². The van der Waals surface area contributed by atoms with E-state index in [1.54, 1.807) is 0 Å². The predicted octanol–water partition coefficient (Wildman–Crippen LogP) is 19.9. The van der Waals surface area contributed by atoms with E-state index in [-0.39, 0.29) is 25.2 Å². The first-order valence-corrected chi connectivity index (χ1v) is 29.2. The number of hydrogen-bond donors (Lipinski definition) is 0. The molecule has 5 heteroatoms. The molecule has 0 saturated heterocycles. The topological polar surface area (TPSA) is 61.8 Å². The first-order chi connectivity index (χ1) is 32.6. The molecule has 0 aliphatic rings. The second kappa shape index (κ2) is 57.2. The molecular weight excluding hydrogens is 813 g/mol. The number of carbonyl (C=O) groups excluding carboxylic acids is 2. The Hall–Kier alpha value is -2.14. The molecule has 0 aromatic rings. The third-order valence-electron chi connectivity index (χ3n) is 12.8. The highest BCUT2D eigenvalue weighted by Gasteiger charge is 2.17. The largest absolute Gasteiger partial charge is 0.462 e. The summed E-state index contributed by atoms with van der Waals surface area (Å²) in [5.74, 6) is -0.396. The minimum atomic E-state index is -0.544. The molecule has 0 rings (SSSR count). The van der Waals surface area contributed by atoms with E-state index in [2.05, 4.69) is 69.4 Å². The molecule has 0 aromatic heterocycles. The van der Waals surface area contributed by atoms with Gasteiger partial charge in [-0.1, -0.05) is 262 Å². The molecule has 0 heterocycles. The Kier molecular flexibility index (Phi) is 55.3. The molecule has 0 saturated carbocycles. The van der Waals surface area contributed by atoms with E-state index in [0.717, 1.165) is 57.8 Å². The number of hydrogen-bond acceptors (Lipinski definition) is 5. The van der Waals surface area contributed by atoms with Crippen LogP contribution >= 0.6 is 0 Å². The van der Waals surface area contributed by atoms with Crippen LogP contribution in [0.15, 0.2) is 48.6 Å². The molecule has 0 bridgehead atoms. The molecular formula is C61H112O5. The average molecular weight is 926 g/mol. The monoisotopic (exact) mass is 925 g/mol. The Balaban J connectivity index is 4.24. The van der Waals surface area contributed by atoms with Gasteiger partial charge in [0.2, 0.25) is 0 Å². The van der Waals surface area contributed by atoms with Gasteiger partial charge >= 0.3 is 11.9 Å². The minimum Gasteiger partial charge on any atom is -0.462 e. The maximum atomic E-state index is 12.9. The number of carbonyl (C=O) groups is 2. The van der Waals surface area contributed by atoms with E-state index in [4.69, 9.17) is 14.2 Å². The smallest absolute Gasteiger partial charge is 0.306 e. The van der Waals surface area contributed by atoms with Crippen LogP contribution in [-0.2, 0) is 23.8 Å². The Labute approximate surface area is 412 Å². The summed E-state index contributed by atoms with van der Waals surface area (Å²) in [6.07, 6.45) is 71.3. The van der Waals surface area contributed by atoms with Gasteiger partial charge in [-0.3, -0.25) is 9.59 Å². The summed E-state index contributed by atoms with van der Waals surface area (Å²) < 4.78 is 17.5. The van der Waals surface area contributed by atoms with E-state index in [1.807, 2.05) is 0 Å². The maximum Gasteiger partial charge on any atom is 0.306 e. The molecule has 66 heavy (non-hydrogen) atoms. The summed E-state index contributed by atoms with van der Waals surface area (Å²) in [5.41, 5.74) is 0. The van der Waals surface area contributed by atoms with Crippen molar-refractivity contribution < 1.29 is 23.8 Å². The number of unbranched alkanes of at least 4 members (excludes halogenated alkanes) is 35. The fourth-order valence-electron chi connectivity index (χ4n) is 8.46. The molecule has 0 spiro atoms. The van der Waals surface area contributed by atoms with Crippen molar-refractivity contribution in [3.05, 3.63) is 48.6 Å². The molecule has 0 radical (unpaired) electrons. The molecule has 5 nitrogen and oxygen atoms in total. The Bertz CT molecular complexity index is 1090. The fourth-order valence-corrected chi connectivity index (χ4v) is 8.46. The highest BCUT2D eigenvalue weighted by Crippen LogP contribution is 2.16. The lowest BCUT2D eigenvalue weighted by atomic mass is 10.0. The van der Waals surface area contributed by atoms with Crippen LogP contribution < -0.4 is 0 Å². The molecule has 0 aliphatic heterocycles. The lowest BCUT2D eigenvalue weighted by molar-refractivity contribution is -0.163. The summed E-state index contributed by atoms with van der Waals surface area (Å²) in [6, 6.07) is 0. The van der Waals surface area contributed by atoms with Crippen LogP contribution in [0.2, 0.25) is 0 Å². The molecule has 1 unspecified atom stereocenters. The SMILES string of the molecule is CCC/C=C\C/C=C\CCCCCCCCOCC(COC(=O)CCCCCCCCCCCCCCCCCCCCC)OC(=O)CCCCCCCCC/C=C\C/C=C\CCCCC. The third kappa shape index (κ3) is 54.5. The van der Waals surface area contributed by atoms with Crippen LogP contribution in [0.5, 0.6) is 0 Å². The van der Waals surface area contributed by atoms with Crippen molar-refractivity contribution in [3.63, 3.8) is 0 Å². The maximum absolute atomic E-state index is 12.9. The lowest BCUT2D eigenvalue weighted by Crippen LogP contribution is -2.30. The summed E-state index contributed by atoms with van der Waals surface area (Å²) in [7, 11) is 0. The number of rotatable bonds is 54. The van der Waals surface area contributed by atoms with Gasteiger partial charge in [-0.15, -0.1) is 0 Å². The fraction of sp³-hybridized carbons (Fsp3) is 0.836. The second-order valence-corrected chi connectivity index (χ2v) is 19.5. The van der Waals surface area contributed by atoms with E-state index in [1.165, 1.54) is 212 Å². The van der Waals surface area contributed by atoms with Gasteiger partial charge in [0.05, 0.1) is 6.61 Å². The van der Waals surface area contributed by atoms with Crippen molar-refractivity contribution >= 4 is 11.9 Å². The summed E-state index contributed by atoms with van der Waals surface area (Å²) in [5, 5.41) is 0. The molecule has 0 amide bonds. The van der Waals surface area contributed by atoms with E-state index in [9.17, 15) is 9.59 Å². The van der Waals surface area contributed by atoms with Crippen LogP contribution in [0, 0.1) is 0 Å². The molecule has 0 N–H and O–H groups in total. The number of ether oxygens (including phenoxy) is 3. The second-order valence-electron chi connectivity index (χ2n) is 19.5. The van der Waals surface area contributed by atoms with Crippen molar-refractivity contribution in [1.29, 1.82) is 0 Å². The van der Waals surface area contributed by atoms with Crippen molar-refractivity contribution in [2.45, 2.75) is 309 Å². The van der Waals surface area contributed by atoms with Crippen LogP contribution in [0.1, 0.15) is 303 Å². The molecule has 0 aromatic carbocycles. The number of allylic oxidation sites excluding steroid dienone is 8. The number of esters is 2. The average Bonchev–Trinajstić information content (AvgIpc) is 3.32. The predicted molar refractivity (Wildman–Crippen MR) is 288 cm³/mol. The van der Waals surface area contributed by atoms with E-state index < -0.39 is 6.10 Å². The third-order valence-corrected chi connectivity index (χ3v) is 12.8. The first kappa shape index (κ1) is 63.9. The highest BCUT2D eigenvalue weighted by atomic mass is 16.6. The van der Waals surface area contributed by atoms with Gasteiger partial charge in [-0.25, -0.2) is 0 Å². The van der Waals surface area contributed by atoms with Crippen LogP contribution in [-0.4, -0.2) is 37.9 Å². The van der Waals surface area contributed by atoms with Gasteiger partial charge in [0.15, 0.2) is 6.10 Å². The standard InChI is InChI=1S/C61H112O5/c1-4-7-10-13-16-19-22-25-28-30-31-33-34-36-39-42-45-48-51-54-60(62)65-58-59(57-64-56-53-50-47-44-41-38-27-24-21-18-15-12-9-6-3)66-61(63)55-52-49-46-43-40-37-35-32-29-26-23-20-17-14-11-8-5-2/h12,15,17,20-21,24,26,29,59H,4-11,13-14,16,18-19,22-23,25,27-28,30-58H2,1-3H3/b15-12-,20-17-,24-21-,29-26-. The quantitative estimate of drug-likeness (QED) is 0.0345. The van der Waals surface area contributed by atoms with Gasteiger partial charge in [0.25, 0.3) is 0 Å². The summed E-state index contributed by atoms with van der Waals surface area (Å²) in [4.78, 5) is 25.5. The van der Waals surface area contributed by atoms with E-state index in [0.29, 0.717) is 19.4 Å². The molecule has 386 valence electrons. The zero-order valence-corrected chi connectivity index (χ0v) is 44.5. The van der Waals surface area contributed by atoms with Gasteiger partial charge in [0, 0.05) is 19.4 Å². The first-order valence-electron chi connectivity index (χ1n) is 29.2. The van der Waals surface area contributed by atoms with Crippen LogP contribution in [0.25, 0.3) is 0 Å². The lowest BCUT2D eigenvalue weighted by Gasteiger charge is -2.18. The zero-order valence-electron chi connectivity index (χ0n) is 44.5. The van der Waals surface area contributed by atoms with Gasteiger partial charge in [-0.05, 0) is 77.0 Å². The van der Waals surface area contributed by atoms with Crippen molar-refractivity contribution in [2.75, 3.05) is 19.8 Å². The Morgan fingerprint density at radius 3 is 1.09 bits per heavy atom. The van der Waals surface area contributed by atoms with Crippen molar-refractivity contribution in [3.8, 4) is 0 Å². The summed E-state index contributed by atoms with van der Waals surface area (Å²) >= 11 is 0. The van der Waals surface area contributed by atoms with Crippen molar-refractivity contribution in [1.82, 2.24) is 0 Å². The molecule has 0 fully saturated rings. The normalized spacial score (nSPS) is 12.5. The molecule has 0 aliphatic carbocycles. The summed E-state index contributed by atoms with van der Waals surface area (Å²) in [6.45, 7) is 7.76. The zero-order chi connectivity index (χ0) is 47.7.